The topological polar surface area (TPSA) is 49.2 Å². The highest BCUT2D eigenvalue weighted by atomic mass is 16.5. The lowest BCUT2D eigenvalue weighted by molar-refractivity contribution is 0.122. The third kappa shape index (κ3) is 2.77. The van der Waals surface area contributed by atoms with E-state index in [-0.39, 0.29) is 0 Å². The Morgan fingerprint density at radius 3 is 2.68 bits per heavy atom. The van der Waals surface area contributed by atoms with Gasteiger partial charge in [0.25, 0.3) is 0 Å². The van der Waals surface area contributed by atoms with Crippen molar-refractivity contribution in [2.45, 2.75) is 26.7 Å². The molecular formula is C18H21N3O. The molecule has 0 saturated carbocycles. The zero-order valence-corrected chi connectivity index (χ0v) is 13.2. The fourth-order valence-corrected chi connectivity index (χ4v) is 2.99. The van der Waals surface area contributed by atoms with Crippen molar-refractivity contribution in [2.24, 2.45) is 0 Å². The van der Waals surface area contributed by atoms with Crippen molar-refractivity contribution < 1.29 is 4.74 Å². The van der Waals surface area contributed by atoms with Crippen LogP contribution in [-0.4, -0.2) is 31.3 Å². The molecule has 0 unspecified atom stereocenters. The highest BCUT2D eigenvalue weighted by Gasteiger charge is 2.18. The van der Waals surface area contributed by atoms with Crippen LogP contribution in [0.3, 0.4) is 0 Å². The minimum atomic E-state index is 0.523. The van der Waals surface area contributed by atoms with Crippen LogP contribution in [0.1, 0.15) is 23.1 Å². The summed E-state index contributed by atoms with van der Waals surface area (Å²) in [6.45, 7) is 7.43. The van der Waals surface area contributed by atoms with Crippen molar-refractivity contribution in [2.75, 3.05) is 31.2 Å². The van der Waals surface area contributed by atoms with Crippen LogP contribution < -0.4 is 4.90 Å². The molecule has 0 N–H and O–H groups in total. The smallest absolute Gasteiger partial charge is 0.132 e. The molecule has 1 aromatic heterocycles. The van der Waals surface area contributed by atoms with Gasteiger partial charge in [0.05, 0.1) is 24.8 Å². The molecule has 1 saturated heterocycles. The minimum Gasteiger partial charge on any atom is -0.378 e. The molecular weight excluding hydrogens is 274 g/mol. The molecule has 0 spiro atoms. The molecule has 114 valence electrons. The number of pyridine rings is 1. The Morgan fingerprint density at radius 2 is 1.95 bits per heavy atom. The van der Waals surface area contributed by atoms with Crippen molar-refractivity contribution >= 4 is 16.7 Å². The molecule has 1 aliphatic rings. The number of aromatic nitrogens is 1. The minimum absolute atomic E-state index is 0.523. The summed E-state index contributed by atoms with van der Waals surface area (Å²) in [4.78, 5) is 7.26. The van der Waals surface area contributed by atoms with E-state index in [1.165, 1.54) is 22.1 Å². The van der Waals surface area contributed by atoms with Gasteiger partial charge in [0.2, 0.25) is 0 Å². The summed E-state index contributed by atoms with van der Waals surface area (Å²) in [5.41, 5.74) is 4.67. The first-order valence-corrected chi connectivity index (χ1v) is 7.80. The maximum absolute atomic E-state index is 8.94. The molecule has 0 radical (unpaired) electrons. The Morgan fingerprint density at radius 1 is 1.23 bits per heavy atom. The van der Waals surface area contributed by atoms with Gasteiger partial charge in [0.1, 0.15) is 5.82 Å². The van der Waals surface area contributed by atoms with Crippen LogP contribution >= 0.6 is 0 Å². The molecule has 1 aromatic carbocycles. The molecule has 2 heterocycles. The second-order valence-electron chi connectivity index (χ2n) is 5.82. The van der Waals surface area contributed by atoms with E-state index in [4.69, 9.17) is 15.0 Å². The Bertz CT molecular complexity index is 727. The Kier molecular flexibility index (Phi) is 4.26. The number of benzene rings is 1. The monoisotopic (exact) mass is 295 g/mol. The van der Waals surface area contributed by atoms with Crippen molar-refractivity contribution in [3.05, 3.63) is 34.9 Å². The quantitative estimate of drug-likeness (QED) is 0.873. The molecule has 4 heteroatoms. The van der Waals surface area contributed by atoms with Gasteiger partial charge in [-0.05, 0) is 43.0 Å². The van der Waals surface area contributed by atoms with Crippen LogP contribution in [0, 0.1) is 25.2 Å². The van der Waals surface area contributed by atoms with Gasteiger partial charge >= 0.3 is 0 Å². The van der Waals surface area contributed by atoms with Crippen LogP contribution in [-0.2, 0) is 11.2 Å². The standard InChI is InChI=1S/C18H21N3O/c1-13-5-6-14(2)17-16(13)12-15(4-3-7-19)18(20-17)21-8-10-22-11-9-21/h5-6,12H,3-4,8-11H2,1-2H3. The summed E-state index contributed by atoms with van der Waals surface area (Å²) in [6, 6.07) is 8.75. The maximum atomic E-state index is 8.94. The number of fused-ring (bicyclic) bond motifs is 1. The molecule has 3 rings (SSSR count). The molecule has 1 fully saturated rings. The van der Waals surface area contributed by atoms with E-state index in [0.29, 0.717) is 6.42 Å². The second-order valence-corrected chi connectivity index (χ2v) is 5.82. The largest absolute Gasteiger partial charge is 0.378 e. The predicted octanol–water partition coefficient (Wildman–Crippen LogP) is 3.14. The second kappa shape index (κ2) is 6.33. The lowest BCUT2D eigenvalue weighted by Gasteiger charge is -2.30. The van der Waals surface area contributed by atoms with E-state index in [0.717, 1.165) is 44.1 Å². The molecule has 0 aliphatic carbocycles. The normalized spacial score (nSPS) is 15.0. The van der Waals surface area contributed by atoms with Crippen LogP contribution in [0.5, 0.6) is 0 Å². The first-order chi connectivity index (χ1) is 10.7. The summed E-state index contributed by atoms with van der Waals surface area (Å²) in [5.74, 6) is 1.03. The maximum Gasteiger partial charge on any atom is 0.132 e. The predicted molar refractivity (Wildman–Crippen MR) is 88.2 cm³/mol. The van der Waals surface area contributed by atoms with Crippen LogP contribution in [0.4, 0.5) is 5.82 Å². The zero-order chi connectivity index (χ0) is 15.5. The van der Waals surface area contributed by atoms with Crippen molar-refractivity contribution in [3.63, 3.8) is 0 Å². The van der Waals surface area contributed by atoms with Crippen LogP contribution in [0.2, 0.25) is 0 Å². The van der Waals surface area contributed by atoms with E-state index in [1.807, 2.05) is 0 Å². The number of aryl methyl sites for hydroxylation is 3. The fourth-order valence-electron chi connectivity index (χ4n) is 2.99. The first-order valence-electron chi connectivity index (χ1n) is 7.80. The summed E-state index contributed by atoms with van der Waals surface area (Å²) < 4.78 is 5.45. The van der Waals surface area contributed by atoms with E-state index >= 15 is 0 Å². The fraction of sp³-hybridized carbons (Fsp3) is 0.444. The molecule has 0 atom stereocenters. The number of hydrogen-bond donors (Lipinski definition) is 0. The molecule has 4 nitrogen and oxygen atoms in total. The summed E-state index contributed by atoms with van der Waals surface area (Å²) >= 11 is 0. The van der Waals surface area contributed by atoms with Crippen molar-refractivity contribution in [1.82, 2.24) is 4.98 Å². The summed E-state index contributed by atoms with van der Waals surface area (Å²) in [6.07, 6.45) is 1.27. The van der Waals surface area contributed by atoms with Crippen molar-refractivity contribution in [1.29, 1.82) is 5.26 Å². The molecule has 0 amide bonds. The SMILES string of the molecule is Cc1ccc(C)c2nc(N3CCOCC3)c(CCC#N)cc12. The highest BCUT2D eigenvalue weighted by molar-refractivity contribution is 5.87. The molecule has 22 heavy (non-hydrogen) atoms. The average molecular weight is 295 g/mol. The third-order valence-corrected chi connectivity index (χ3v) is 4.28. The number of hydrogen-bond acceptors (Lipinski definition) is 4. The molecule has 0 bridgehead atoms. The Hall–Kier alpha value is -2.12. The lowest BCUT2D eigenvalue weighted by atomic mass is 10.0. The number of nitriles is 1. The van der Waals surface area contributed by atoms with Gasteiger partial charge in [0, 0.05) is 24.9 Å². The van der Waals surface area contributed by atoms with Gasteiger partial charge in [-0.3, -0.25) is 0 Å². The van der Waals surface area contributed by atoms with E-state index in [1.54, 1.807) is 0 Å². The van der Waals surface area contributed by atoms with Gasteiger partial charge in [0.15, 0.2) is 0 Å². The first kappa shape index (κ1) is 14.8. The summed E-state index contributed by atoms with van der Waals surface area (Å²) in [7, 11) is 0. The average Bonchev–Trinajstić information content (AvgIpc) is 2.56. The molecule has 2 aromatic rings. The van der Waals surface area contributed by atoms with Gasteiger partial charge < -0.3 is 9.64 Å². The highest BCUT2D eigenvalue weighted by Crippen LogP contribution is 2.29. The van der Waals surface area contributed by atoms with Gasteiger partial charge in [-0.25, -0.2) is 4.98 Å². The third-order valence-electron chi connectivity index (χ3n) is 4.28. The number of ether oxygens (including phenoxy) is 1. The molecule has 1 aliphatic heterocycles. The zero-order valence-electron chi connectivity index (χ0n) is 13.2. The number of nitrogens with zero attached hydrogens (tertiary/aromatic N) is 3. The Balaban J connectivity index is 2.14. The summed E-state index contributed by atoms with van der Waals surface area (Å²) in [5, 5.41) is 10.1. The van der Waals surface area contributed by atoms with Gasteiger partial charge in [-0.1, -0.05) is 12.1 Å². The lowest BCUT2D eigenvalue weighted by Crippen LogP contribution is -2.37. The van der Waals surface area contributed by atoms with E-state index in [2.05, 4.69) is 43.0 Å². The van der Waals surface area contributed by atoms with E-state index < -0.39 is 0 Å². The van der Waals surface area contributed by atoms with Gasteiger partial charge in [-0.2, -0.15) is 5.26 Å². The van der Waals surface area contributed by atoms with Crippen LogP contribution in [0.25, 0.3) is 10.9 Å². The van der Waals surface area contributed by atoms with E-state index in [9.17, 15) is 0 Å². The number of anilines is 1. The van der Waals surface area contributed by atoms with Crippen LogP contribution in [0.15, 0.2) is 18.2 Å². The number of rotatable bonds is 3. The van der Waals surface area contributed by atoms with Gasteiger partial charge in [-0.15, -0.1) is 0 Å². The number of morpholine rings is 1. The Labute approximate surface area is 131 Å². The van der Waals surface area contributed by atoms with Crippen molar-refractivity contribution in [3.8, 4) is 6.07 Å².